The number of nitrogens with one attached hydrogen (secondary N) is 1. The van der Waals surface area contributed by atoms with Gasteiger partial charge < -0.3 is 20.1 Å². The number of aliphatic carboxylic acids is 1. The molecular formula is C16H23F3N4O4. The molecule has 11 heteroatoms. The summed E-state index contributed by atoms with van der Waals surface area (Å²) in [5.41, 5.74) is 1.22. The number of hydrogen-bond acceptors (Lipinski definition) is 5. The molecule has 1 aromatic rings. The molecule has 8 nitrogen and oxygen atoms in total. The molecule has 0 bridgehead atoms. The fourth-order valence-electron chi connectivity index (χ4n) is 2.92. The van der Waals surface area contributed by atoms with Crippen LogP contribution in [-0.4, -0.2) is 70.7 Å². The molecule has 3 rings (SSSR count). The number of carboxylic acids is 1. The lowest BCUT2D eigenvalue weighted by molar-refractivity contribution is -0.192. The third-order valence-corrected chi connectivity index (χ3v) is 4.31. The summed E-state index contributed by atoms with van der Waals surface area (Å²) in [5.74, 6) is -2.63. The van der Waals surface area contributed by atoms with E-state index < -0.39 is 12.1 Å². The largest absolute Gasteiger partial charge is 0.490 e. The number of hydrogen-bond donors (Lipinski definition) is 2. The van der Waals surface area contributed by atoms with E-state index in [1.807, 2.05) is 17.2 Å². The van der Waals surface area contributed by atoms with Crippen molar-refractivity contribution in [2.45, 2.75) is 38.0 Å². The molecule has 0 radical (unpaired) electrons. The minimum absolute atomic E-state index is 0.129. The van der Waals surface area contributed by atoms with Gasteiger partial charge in [0.05, 0.1) is 11.7 Å². The summed E-state index contributed by atoms with van der Waals surface area (Å²) < 4.78 is 39.3. The van der Waals surface area contributed by atoms with Crippen molar-refractivity contribution in [3.05, 3.63) is 18.0 Å². The van der Waals surface area contributed by atoms with E-state index in [0.717, 1.165) is 45.4 Å². The van der Waals surface area contributed by atoms with E-state index in [1.54, 1.807) is 0 Å². The van der Waals surface area contributed by atoms with Crippen LogP contribution in [0.15, 0.2) is 12.3 Å². The Kier molecular flexibility index (Phi) is 7.60. The summed E-state index contributed by atoms with van der Waals surface area (Å²) in [5, 5.41) is 14.9. The van der Waals surface area contributed by atoms with Crippen LogP contribution in [0.5, 0.6) is 0 Å². The number of halogens is 3. The average molecular weight is 392 g/mol. The Hall–Kier alpha value is -2.14. The van der Waals surface area contributed by atoms with E-state index in [4.69, 9.17) is 14.6 Å². The molecule has 2 aliphatic heterocycles. The SMILES string of the molecule is O=C(COCCC1CNCc2ccnn21)N1CCCC1.O=C(O)C(F)(F)F. The first-order chi connectivity index (χ1) is 12.8. The molecule has 0 aromatic carbocycles. The maximum atomic E-state index is 11.8. The fourth-order valence-corrected chi connectivity index (χ4v) is 2.92. The van der Waals surface area contributed by atoms with Crippen LogP contribution in [0.4, 0.5) is 13.2 Å². The number of amides is 1. The monoisotopic (exact) mass is 392 g/mol. The first-order valence-corrected chi connectivity index (χ1v) is 8.67. The molecule has 0 aliphatic carbocycles. The Morgan fingerprint density at radius 3 is 2.63 bits per heavy atom. The number of fused-ring (bicyclic) bond motifs is 1. The summed E-state index contributed by atoms with van der Waals surface area (Å²) in [6, 6.07) is 2.37. The van der Waals surface area contributed by atoms with Gasteiger partial charge in [0.25, 0.3) is 0 Å². The number of alkyl halides is 3. The number of carbonyl (C=O) groups is 2. The van der Waals surface area contributed by atoms with E-state index in [-0.39, 0.29) is 12.5 Å². The summed E-state index contributed by atoms with van der Waals surface area (Å²) >= 11 is 0. The zero-order valence-electron chi connectivity index (χ0n) is 14.7. The number of carboxylic acid groups (broad SMARTS) is 1. The molecule has 1 fully saturated rings. The average Bonchev–Trinajstić information content (AvgIpc) is 3.29. The van der Waals surface area contributed by atoms with Crippen molar-refractivity contribution in [2.75, 3.05) is 32.8 Å². The van der Waals surface area contributed by atoms with E-state index >= 15 is 0 Å². The van der Waals surface area contributed by atoms with Gasteiger partial charge in [0, 0.05) is 39.0 Å². The number of likely N-dealkylation sites (tertiary alicyclic amines) is 1. The number of carbonyl (C=O) groups excluding carboxylic acids is 1. The summed E-state index contributed by atoms with van der Waals surface area (Å²) in [7, 11) is 0. The van der Waals surface area contributed by atoms with Gasteiger partial charge in [-0.15, -0.1) is 0 Å². The zero-order valence-corrected chi connectivity index (χ0v) is 14.7. The quantitative estimate of drug-likeness (QED) is 0.731. The molecule has 1 aromatic heterocycles. The summed E-state index contributed by atoms with van der Waals surface area (Å²) in [6.07, 6.45) is -0.106. The topological polar surface area (TPSA) is 96.7 Å². The molecular weight excluding hydrogens is 369 g/mol. The van der Waals surface area contributed by atoms with Crippen LogP contribution in [-0.2, 0) is 20.9 Å². The van der Waals surface area contributed by atoms with Crippen molar-refractivity contribution in [3.63, 3.8) is 0 Å². The van der Waals surface area contributed by atoms with E-state index in [9.17, 15) is 18.0 Å². The van der Waals surface area contributed by atoms with Crippen molar-refractivity contribution < 1.29 is 32.6 Å². The summed E-state index contributed by atoms with van der Waals surface area (Å²) in [4.78, 5) is 22.6. The Morgan fingerprint density at radius 2 is 2.00 bits per heavy atom. The summed E-state index contributed by atoms with van der Waals surface area (Å²) in [6.45, 7) is 4.40. The molecule has 3 heterocycles. The van der Waals surface area contributed by atoms with Gasteiger partial charge in [0.2, 0.25) is 5.91 Å². The lowest BCUT2D eigenvalue weighted by atomic mass is 10.1. The molecule has 2 aliphatic rings. The Balaban J connectivity index is 0.000000321. The van der Waals surface area contributed by atoms with Crippen molar-refractivity contribution in [1.29, 1.82) is 0 Å². The van der Waals surface area contributed by atoms with Crippen LogP contribution in [0.2, 0.25) is 0 Å². The highest BCUT2D eigenvalue weighted by Crippen LogP contribution is 2.17. The van der Waals surface area contributed by atoms with Gasteiger partial charge >= 0.3 is 12.1 Å². The Labute approximate surface area is 154 Å². The molecule has 1 unspecified atom stereocenters. The lowest BCUT2D eigenvalue weighted by Gasteiger charge is -2.25. The lowest BCUT2D eigenvalue weighted by Crippen LogP contribution is -2.34. The second-order valence-electron chi connectivity index (χ2n) is 6.28. The van der Waals surface area contributed by atoms with E-state index in [2.05, 4.69) is 15.1 Å². The minimum atomic E-state index is -5.08. The first-order valence-electron chi connectivity index (χ1n) is 8.67. The van der Waals surface area contributed by atoms with Crippen LogP contribution in [0.25, 0.3) is 0 Å². The van der Waals surface area contributed by atoms with Crippen molar-refractivity contribution in [1.82, 2.24) is 20.0 Å². The van der Waals surface area contributed by atoms with Gasteiger partial charge in [-0.1, -0.05) is 0 Å². The minimum Gasteiger partial charge on any atom is -0.475 e. The molecule has 1 amide bonds. The second-order valence-corrected chi connectivity index (χ2v) is 6.28. The molecule has 27 heavy (non-hydrogen) atoms. The van der Waals surface area contributed by atoms with Crippen LogP contribution in [0, 0.1) is 0 Å². The highest BCUT2D eigenvalue weighted by atomic mass is 19.4. The third kappa shape index (κ3) is 6.51. The van der Waals surface area contributed by atoms with Gasteiger partial charge in [-0.3, -0.25) is 9.48 Å². The van der Waals surface area contributed by atoms with Crippen molar-refractivity contribution in [2.24, 2.45) is 0 Å². The van der Waals surface area contributed by atoms with Crippen molar-refractivity contribution >= 4 is 11.9 Å². The fraction of sp³-hybridized carbons (Fsp3) is 0.688. The first kappa shape index (κ1) is 21.2. The molecule has 2 N–H and O–H groups in total. The van der Waals surface area contributed by atoms with Gasteiger partial charge in [-0.2, -0.15) is 18.3 Å². The van der Waals surface area contributed by atoms with Gasteiger partial charge in [0.15, 0.2) is 0 Å². The normalized spacial score (nSPS) is 19.2. The standard InChI is InChI=1S/C14H22N4O2.C2HF3O2/c19-14(17-6-1-2-7-17)11-20-8-4-13-10-15-9-12-3-5-16-18(12)13;3-2(4,5)1(6)7/h3,5,13,15H,1-2,4,6-11H2;(H,6,7). The second kappa shape index (κ2) is 9.70. The molecule has 0 spiro atoms. The maximum Gasteiger partial charge on any atom is 0.490 e. The highest BCUT2D eigenvalue weighted by molar-refractivity contribution is 5.77. The van der Waals surface area contributed by atoms with Crippen LogP contribution in [0.3, 0.4) is 0 Å². The predicted octanol–water partition coefficient (Wildman–Crippen LogP) is 1.19. The number of aromatic nitrogens is 2. The Bertz CT molecular complexity index is 629. The number of nitrogens with zero attached hydrogens (tertiary/aromatic N) is 3. The predicted molar refractivity (Wildman–Crippen MR) is 87.9 cm³/mol. The van der Waals surface area contributed by atoms with Crippen LogP contribution >= 0.6 is 0 Å². The maximum absolute atomic E-state index is 11.8. The highest BCUT2D eigenvalue weighted by Gasteiger charge is 2.38. The smallest absolute Gasteiger partial charge is 0.475 e. The molecule has 152 valence electrons. The van der Waals surface area contributed by atoms with Crippen molar-refractivity contribution in [3.8, 4) is 0 Å². The van der Waals surface area contributed by atoms with Crippen LogP contribution in [0.1, 0.15) is 31.0 Å². The molecule has 1 saturated heterocycles. The van der Waals surface area contributed by atoms with Gasteiger partial charge in [-0.05, 0) is 25.3 Å². The number of rotatable bonds is 5. The molecule has 0 saturated carbocycles. The van der Waals surface area contributed by atoms with Crippen LogP contribution < -0.4 is 5.32 Å². The zero-order chi connectivity index (χ0) is 19.9. The van der Waals surface area contributed by atoms with Gasteiger partial charge in [-0.25, -0.2) is 4.79 Å². The van der Waals surface area contributed by atoms with E-state index in [0.29, 0.717) is 12.6 Å². The molecule has 1 atom stereocenters. The number of ether oxygens (including phenoxy) is 1. The van der Waals surface area contributed by atoms with Gasteiger partial charge in [0.1, 0.15) is 6.61 Å². The Morgan fingerprint density at radius 1 is 1.33 bits per heavy atom. The third-order valence-electron chi connectivity index (χ3n) is 4.31. The van der Waals surface area contributed by atoms with E-state index in [1.165, 1.54) is 5.69 Å².